The molecule has 1 heterocycles. The number of amides is 2. The topological polar surface area (TPSA) is 77.9 Å². The minimum Gasteiger partial charge on any atom is -0.480 e. The van der Waals surface area contributed by atoms with Crippen molar-refractivity contribution >= 4 is 23.5 Å². The van der Waals surface area contributed by atoms with Crippen molar-refractivity contribution in [2.45, 2.75) is 26.8 Å². The minimum atomic E-state index is -1.10. The van der Waals surface area contributed by atoms with Gasteiger partial charge in [0.05, 0.1) is 5.70 Å². The molecular weight excluding hydrogens is 296 g/mol. The van der Waals surface area contributed by atoms with Crippen LogP contribution in [0, 0.1) is 5.92 Å². The van der Waals surface area contributed by atoms with E-state index in [2.05, 4.69) is 0 Å². The van der Waals surface area contributed by atoms with E-state index in [1.165, 1.54) is 16.7 Å². The first-order valence-electron chi connectivity index (χ1n) is 7.42. The Hall–Kier alpha value is -2.63. The number of carbonyl (C=O) groups is 3. The van der Waals surface area contributed by atoms with Gasteiger partial charge in [-0.1, -0.05) is 44.2 Å². The van der Waals surface area contributed by atoms with Gasteiger partial charge in [0.2, 0.25) is 5.91 Å². The molecule has 1 N–H and O–H groups in total. The Balaban J connectivity index is 2.57. The molecule has 0 spiro atoms. The van der Waals surface area contributed by atoms with Gasteiger partial charge in [-0.15, -0.1) is 0 Å². The summed E-state index contributed by atoms with van der Waals surface area (Å²) < 4.78 is 0. The Morgan fingerprint density at radius 3 is 2.30 bits per heavy atom. The molecule has 1 aromatic carbocycles. The third-order valence-corrected chi connectivity index (χ3v) is 3.73. The van der Waals surface area contributed by atoms with Gasteiger partial charge in [0.25, 0.3) is 5.91 Å². The predicted molar refractivity (Wildman–Crippen MR) is 84.9 cm³/mol. The fourth-order valence-corrected chi connectivity index (χ4v) is 2.71. The third-order valence-electron chi connectivity index (χ3n) is 3.73. The Morgan fingerprint density at radius 2 is 1.83 bits per heavy atom. The molecule has 2 amide bonds. The van der Waals surface area contributed by atoms with Gasteiger partial charge in [-0.25, -0.2) is 0 Å². The van der Waals surface area contributed by atoms with Crippen molar-refractivity contribution in [1.82, 2.24) is 9.80 Å². The van der Waals surface area contributed by atoms with E-state index in [1.807, 2.05) is 19.9 Å². The molecular formula is C17H20N2O4. The lowest BCUT2D eigenvalue weighted by molar-refractivity contribution is -0.148. The lowest BCUT2D eigenvalue weighted by atomic mass is 9.97. The van der Waals surface area contributed by atoms with Crippen LogP contribution in [0.25, 0.3) is 5.70 Å². The van der Waals surface area contributed by atoms with Crippen LogP contribution in [0.2, 0.25) is 0 Å². The zero-order valence-electron chi connectivity index (χ0n) is 13.4. The van der Waals surface area contributed by atoms with Gasteiger partial charge >= 0.3 is 5.97 Å². The largest absolute Gasteiger partial charge is 0.480 e. The summed E-state index contributed by atoms with van der Waals surface area (Å²) in [5.74, 6) is -1.85. The molecule has 122 valence electrons. The molecule has 0 saturated carbocycles. The minimum absolute atomic E-state index is 0.128. The zero-order chi connectivity index (χ0) is 17.1. The highest BCUT2D eigenvalue weighted by molar-refractivity contribution is 5.98. The van der Waals surface area contributed by atoms with Crippen molar-refractivity contribution < 1.29 is 19.5 Å². The number of carboxylic acids is 1. The molecule has 0 fully saturated rings. The monoisotopic (exact) mass is 316 g/mol. The molecule has 6 nitrogen and oxygen atoms in total. The van der Waals surface area contributed by atoms with E-state index in [4.69, 9.17) is 5.11 Å². The van der Waals surface area contributed by atoms with Crippen molar-refractivity contribution in [2.75, 3.05) is 6.54 Å². The average molecular weight is 316 g/mol. The van der Waals surface area contributed by atoms with E-state index in [-0.39, 0.29) is 17.7 Å². The first-order chi connectivity index (χ1) is 10.8. The second-order valence-electron chi connectivity index (χ2n) is 5.81. The Labute approximate surface area is 135 Å². The van der Waals surface area contributed by atoms with E-state index >= 15 is 0 Å². The molecule has 0 saturated heterocycles. The smallest absolute Gasteiger partial charge is 0.323 e. The Morgan fingerprint density at radius 1 is 1.22 bits per heavy atom. The summed E-state index contributed by atoms with van der Waals surface area (Å²) >= 11 is 0. The number of aliphatic carboxylic acids is 1. The van der Waals surface area contributed by atoms with Crippen molar-refractivity contribution in [3.63, 3.8) is 0 Å². The van der Waals surface area contributed by atoms with Crippen molar-refractivity contribution in [2.24, 2.45) is 5.92 Å². The Kier molecular flexibility index (Phi) is 4.83. The first kappa shape index (κ1) is 16.7. The summed E-state index contributed by atoms with van der Waals surface area (Å²) in [7, 11) is 0. The second kappa shape index (κ2) is 6.64. The van der Waals surface area contributed by atoms with Crippen LogP contribution in [0.4, 0.5) is 0 Å². The molecule has 1 atom stereocenters. The summed E-state index contributed by atoms with van der Waals surface area (Å²) in [6, 6.07) is 8.29. The van der Waals surface area contributed by atoms with Crippen LogP contribution in [0.1, 0.15) is 26.3 Å². The standard InChI is InChI=1S/C17H20N2O4/c1-11(2)16-17(23)19(10-15(21)22)14(9-18(16)12(3)20)13-7-5-4-6-8-13/h4-9,11,16H,10H2,1-3H3,(H,21,22). The van der Waals surface area contributed by atoms with Crippen LogP contribution in [0.15, 0.2) is 36.5 Å². The highest BCUT2D eigenvalue weighted by Crippen LogP contribution is 2.29. The van der Waals surface area contributed by atoms with Gasteiger partial charge in [0, 0.05) is 13.1 Å². The normalized spacial score (nSPS) is 18.2. The van der Waals surface area contributed by atoms with Crippen LogP contribution in [-0.2, 0) is 14.4 Å². The number of benzene rings is 1. The van der Waals surface area contributed by atoms with Crippen LogP contribution < -0.4 is 0 Å². The third kappa shape index (κ3) is 3.41. The number of carboxylic acid groups (broad SMARTS) is 1. The highest BCUT2D eigenvalue weighted by atomic mass is 16.4. The fraction of sp³-hybridized carbons (Fsp3) is 0.353. The van der Waals surface area contributed by atoms with E-state index in [0.717, 1.165) is 0 Å². The van der Waals surface area contributed by atoms with Gasteiger partial charge in [-0.2, -0.15) is 0 Å². The van der Waals surface area contributed by atoms with Crippen LogP contribution in [-0.4, -0.2) is 45.3 Å². The van der Waals surface area contributed by atoms with E-state index in [0.29, 0.717) is 11.3 Å². The van der Waals surface area contributed by atoms with Crippen molar-refractivity contribution in [3.05, 3.63) is 42.1 Å². The number of hydrogen-bond donors (Lipinski definition) is 1. The molecule has 1 aliphatic rings. The number of rotatable bonds is 4. The van der Waals surface area contributed by atoms with E-state index in [1.54, 1.807) is 30.5 Å². The number of nitrogens with zero attached hydrogens (tertiary/aromatic N) is 2. The van der Waals surface area contributed by atoms with Gasteiger partial charge < -0.3 is 10.0 Å². The van der Waals surface area contributed by atoms with Gasteiger partial charge in [-0.3, -0.25) is 19.3 Å². The summed E-state index contributed by atoms with van der Waals surface area (Å²) in [5.41, 5.74) is 1.11. The molecule has 6 heteroatoms. The molecule has 1 unspecified atom stereocenters. The fourth-order valence-electron chi connectivity index (χ4n) is 2.71. The summed E-state index contributed by atoms with van der Waals surface area (Å²) in [5, 5.41) is 9.15. The second-order valence-corrected chi connectivity index (χ2v) is 5.81. The molecule has 23 heavy (non-hydrogen) atoms. The predicted octanol–water partition coefficient (Wildman–Crippen LogP) is 1.78. The van der Waals surface area contributed by atoms with Gasteiger partial charge in [0.15, 0.2) is 0 Å². The average Bonchev–Trinajstić information content (AvgIpc) is 2.48. The Bertz CT molecular complexity index is 652. The lowest BCUT2D eigenvalue weighted by Gasteiger charge is -2.40. The van der Waals surface area contributed by atoms with E-state index < -0.39 is 18.6 Å². The number of hydrogen-bond acceptors (Lipinski definition) is 3. The SMILES string of the molecule is CC(=O)N1C=C(c2ccccc2)N(CC(=O)O)C(=O)C1C(C)C. The quantitative estimate of drug-likeness (QED) is 0.918. The summed E-state index contributed by atoms with van der Waals surface area (Å²) in [6.07, 6.45) is 1.58. The maximum atomic E-state index is 12.8. The maximum absolute atomic E-state index is 12.8. The zero-order valence-corrected chi connectivity index (χ0v) is 13.4. The van der Waals surface area contributed by atoms with Crippen LogP contribution in [0.5, 0.6) is 0 Å². The van der Waals surface area contributed by atoms with Crippen molar-refractivity contribution in [3.8, 4) is 0 Å². The van der Waals surface area contributed by atoms with Crippen LogP contribution in [0.3, 0.4) is 0 Å². The lowest BCUT2D eigenvalue weighted by Crippen LogP contribution is -2.55. The van der Waals surface area contributed by atoms with E-state index in [9.17, 15) is 14.4 Å². The number of carbonyl (C=O) groups excluding carboxylic acids is 2. The van der Waals surface area contributed by atoms with Gasteiger partial charge in [0.1, 0.15) is 12.6 Å². The maximum Gasteiger partial charge on any atom is 0.323 e. The molecule has 1 aromatic rings. The molecule has 1 aliphatic heterocycles. The molecule has 2 rings (SSSR count). The summed E-state index contributed by atoms with van der Waals surface area (Å²) in [6.45, 7) is 4.63. The molecule has 0 aromatic heterocycles. The summed E-state index contributed by atoms with van der Waals surface area (Å²) in [4.78, 5) is 38.6. The first-order valence-corrected chi connectivity index (χ1v) is 7.42. The van der Waals surface area contributed by atoms with Crippen molar-refractivity contribution in [1.29, 1.82) is 0 Å². The molecule has 0 bridgehead atoms. The molecule has 0 aliphatic carbocycles. The van der Waals surface area contributed by atoms with Gasteiger partial charge in [-0.05, 0) is 11.5 Å². The van der Waals surface area contributed by atoms with Crippen LogP contribution >= 0.6 is 0 Å². The molecule has 0 radical (unpaired) electrons. The highest BCUT2D eigenvalue weighted by Gasteiger charge is 2.39.